The average molecular weight is 191 g/mol. The Labute approximate surface area is 85.0 Å². The molecule has 1 heterocycles. The summed E-state index contributed by atoms with van der Waals surface area (Å²) in [6.07, 6.45) is 5.86. The molecule has 0 bridgehead atoms. The van der Waals surface area contributed by atoms with Gasteiger partial charge in [0.05, 0.1) is 0 Å². The topological polar surface area (TPSA) is 41.0 Å². The Bertz CT molecular complexity index is 345. The Kier molecular flexibility index (Phi) is 3.63. The molecule has 76 valence electrons. The van der Waals surface area contributed by atoms with E-state index in [0.29, 0.717) is 5.92 Å². The SMILES string of the molecule is C/C=C\c1c(C=NC)n[nH]c1C(C)C. The Morgan fingerprint density at radius 2 is 2.14 bits per heavy atom. The first-order valence-corrected chi connectivity index (χ1v) is 4.83. The van der Waals surface area contributed by atoms with Crippen LogP contribution < -0.4 is 0 Å². The van der Waals surface area contributed by atoms with E-state index in [9.17, 15) is 0 Å². The summed E-state index contributed by atoms with van der Waals surface area (Å²) >= 11 is 0. The van der Waals surface area contributed by atoms with Crippen LogP contribution in [0, 0.1) is 0 Å². The molecule has 14 heavy (non-hydrogen) atoms. The summed E-state index contributed by atoms with van der Waals surface area (Å²) in [4.78, 5) is 3.98. The highest BCUT2D eigenvalue weighted by Crippen LogP contribution is 2.20. The fraction of sp³-hybridized carbons (Fsp3) is 0.455. The van der Waals surface area contributed by atoms with E-state index in [1.54, 1.807) is 13.3 Å². The lowest BCUT2D eigenvalue weighted by Gasteiger charge is -2.02. The fourth-order valence-corrected chi connectivity index (χ4v) is 1.38. The predicted octanol–water partition coefficient (Wildman–Crippen LogP) is 2.61. The lowest BCUT2D eigenvalue weighted by atomic mass is 10.0. The summed E-state index contributed by atoms with van der Waals surface area (Å²) in [5, 5.41) is 7.27. The van der Waals surface area contributed by atoms with Crippen LogP contribution in [-0.2, 0) is 0 Å². The number of aromatic nitrogens is 2. The van der Waals surface area contributed by atoms with Gasteiger partial charge in [0.2, 0.25) is 0 Å². The third kappa shape index (κ3) is 2.10. The van der Waals surface area contributed by atoms with Crippen molar-refractivity contribution in [2.45, 2.75) is 26.7 Å². The second-order valence-corrected chi connectivity index (χ2v) is 3.48. The minimum absolute atomic E-state index is 0.452. The number of aromatic amines is 1. The average Bonchev–Trinajstić information content (AvgIpc) is 2.50. The summed E-state index contributed by atoms with van der Waals surface area (Å²) in [7, 11) is 1.75. The molecule has 0 aliphatic carbocycles. The standard InChI is InChI=1S/C11H17N3/c1-5-6-9-10(7-12-4)13-14-11(9)8(2)3/h5-8H,1-4H3,(H,13,14)/b6-5-,12-7?. The number of nitrogens with one attached hydrogen (secondary N) is 1. The quantitative estimate of drug-likeness (QED) is 0.733. The van der Waals surface area contributed by atoms with Crippen LogP contribution in [0.25, 0.3) is 6.08 Å². The smallest absolute Gasteiger partial charge is 0.110 e. The van der Waals surface area contributed by atoms with Gasteiger partial charge in [-0.1, -0.05) is 26.0 Å². The Balaban J connectivity index is 3.19. The number of allylic oxidation sites excluding steroid dienone is 1. The van der Waals surface area contributed by atoms with Gasteiger partial charge in [0.15, 0.2) is 0 Å². The van der Waals surface area contributed by atoms with Crippen molar-refractivity contribution in [2.24, 2.45) is 4.99 Å². The molecule has 0 spiro atoms. The van der Waals surface area contributed by atoms with E-state index >= 15 is 0 Å². The van der Waals surface area contributed by atoms with E-state index < -0.39 is 0 Å². The van der Waals surface area contributed by atoms with E-state index in [2.05, 4.69) is 35.1 Å². The van der Waals surface area contributed by atoms with Gasteiger partial charge in [-0.25, -0.2) is 0 Å². The summed E-state index contributed by atoms with van der Waals surface area (Å²) in [5.74, 6) is 0.452. The van der Waals surface area contributed by atoms with Gasteiger partial charge in [-0.2, -0.15) is 5.10 Å². The van der Waals surface area contributed by atoms with Crippen LogP contribution in [0.3, 0.4) is 0 Å². The Hall–Kier alpha value is -1.38. The van der Waals surface area contributed by atoms with Gasteiger partial charge in [-0.05, 0) is 12.8 Å². The lowest BCUT2D eigenvalue weighted by Crippen LogP contribution is -1.91. The molecule has 0 aromatic carbocycles. The van der Waals surface area contributed by atoms with Gasteiger partial charge in [0, 0.05) is 24.5 Å². The van der Waals surface area contributed by atoms with Crippen LogP contribution in [0.15, 0.2) is 11.1 Å². The summed E-state index contributed by atoms with van der Waals surface area (Å²) in [6.45, 7) is 6.30. The summed E-state index contributed by atoms with van der Waals surface area (Å²) in [6, 6.07) is 0. The van der Waals surface area contributed by atoms with Crippen molar-refractivity contribution in [1.82, 2.24) is 10.2 Å². The maximum Gasteiger partial charge on any atom is 0.110 e. The van der Waals surface area contributed by atoms with Crippen LogP contribution in [0.2, 0.25) is 0 Å². The third-order valence-electron chi connectivity index (χ3n) is 2.02. The maximum atomic E-state index is 4.22. The number of aliphatic imine (C=N–C) groups is 1. The molecule has 0 amide bonds. The predicted molar refractivity (Wildman–Crippen MR) is 60.9 cm³/mol. The van der Waals surface area contributed by atoms with E-state index in [4.69, 9.17) is 0 Å². The maximum absolute atomic E-state index is 4.22. The molecule has 0 radical (unpaired) electrons. The molecular formula is C11H17N3. The van der Waals surface area contributed by atoms with E-state index in [0.717, 1.165) is 17.0 Å². The largest absolute Gasteiger partial charge is 0.294 e. The number of hydrogen-bond acceptors (Lipinski definition) is 2. The zero-order valence-electron chi connectivity index (χ0n) is 9.20. The monoisotopic (exact) mass is 191 g/mol. The molecule has 0 fully saturated rings. The lowest BCUT2D eigenvalue weighted by molar-refractivity contribution is 0.808. The van der Waals surface area contributed by atoms with Crippen molar-refractivity contribution in [1.29, 1.82) is 0 Å². The van der Waals surface area contributed by atoms with Gasteiger partial charge in [-0.3, -0.25) is 10.1 Å². The molecule has 0 saturated carbocycles. The van der Waals surface area contributed by atoms with Gasteiger partial charge >= 0.3 is 0 Å². The molecule has 1 aromatic rings. The second-order valence-electron chi connectivity index (χ2n) is 3.48. The molecule has 0 unspecified atom stereocenters. The minimum atomic E-state index is 0.452. The van der Waals surface area contributed by atoms with Gasteiger partial charge in [-0.15, -0.1) is 0 Å². The molecule has 0 aliphatic rings. The molecule has 0 saturated heterocycles. The van der Waals surface area contributed by atoms with Crippen molar-refractivity contribution < 1.29 is 0 Å². The Morgan fingerprint density at radius 1 is 1.43 bits per heavy atom. The summed E-state index contributed by atoms with van der Waals surface area (Å²) < 4.78 is 0. The normalized spacial score (nSPS) is 12.4. The minimum Gasteiger partial charge on any atom is -0.294 e. The van der Waals surface area contributed by atoms with Crippen LogP contribution >= 0.6 is 0 Å². The van der Waals surface area contributed by atoms with Crippen LogP contribution in [-0.4, -0.2) is 23.5 Å². The zero-order valence-corrected chi connectivity index (χ0v) is 9.20. The van der Waals surface area contributed by atoms with Crippen LogP contribution in [0.1, 0.15) is 43.6 Å². The fourth-order valence-electron chi connectivity index (χ4n) is 1.38. The first kappa shape index (κ1) is 10.7. The van der Waals surface area contributed by atoms with E-state index in [1.807, 2.05) is 13.0 Å². The van der Waals surface area contributed by atoms with Gasteiger partial charge < -0.3 is 0 Å². The molecule has 0 aliphatic heterocycles. The third-order valence-corrected chi connectivity index (χ3v) is 2.02. The highest BCUT2D eigenvalue weighted by Gasteiger charge is 2.11. The first-order chi connectivity index (χ1) is 6.70. The molecule has 1 rings (SSSR count). The second kappa shape index (κ2) is 4.74. The molecule has 1 aromatic heterocycles. The molecule has 1 N–H and O–H groups in total. The van der Waals surface area contributed by atoms with E-state index in [-0.39, 0.29) is 0 Å². The van der Waals surface area contributed by atoms with Gasteiger partial charge in [0.1, 0.15) is 5.69 Å². The Morgan fingerprint density at radius 3 is 2.64 bits per heavy atom. The van der Waals surface area contributed by atoms with Crippen molar-refractivity contribution in [3.05, 3.63) is 23.0 Å². The molecule has 0 atom stereocenters. The van der Waals surface area contributed by atoms with Crippen LogP contribution in [0.5, 0.6) is 0 Å². The number of H-pyrrole nitrogens is 1. The van der Waals surface area contributed by atoms with Crippen molar-refractivity contribution in [3.63, 3.8) is 0 Å². The van der Waals surface area contributed by atoms with E-state index in [1.165, 1.54) is 0 Å². The summed E-state index contributed by atoms with van der Waals surface area (Å²) in [5.41, 5.74) is 3.22. The number of hydrogen-bond donors (Lipinski definition) is 1. The number of nitrogens with zero attached hydrogens (tertiary/aromatic N) is 2. The van der Waals surface area contributed by atoms with Crippen molar-refractivity contribution in [3.8, 4) is 0 Å². The molecule has 3 nitrogen and oxygen atoms in total. The number of rotatable bonds is 3. The van der Waals surface area contributed by atoms with Crippen molar-refractivity contribution >= 4 is 12.3 Å². The molecular weight excluding hydrogens is 174 g/mol. The first-order valence-electron chi connectivity index (χ1n) is 4.83. The molecule has 3 heteroatoms. The van der Waals surface area contributed by atoms with Crippen LogP contribution in [0.4, 0.5) is 0 Å². The highest BCUT2D eigenvalue weighted by atomic mass is 15.1. The highest BCUT2D eigenvalue weighted by molar-refractivity contribution is 5.83. The van der Waals surface area contributed by atoms with Crippen molar-refractivity contribution in [2.75, 3.05) is 7.05 Å². The zero-order chi connectivity index (χ0) is 10.6. The van der Waals surface area contributed by atoms with Gasteiger partial charge in [0.25, 0.3) is 0 Å².